The summed E-state index contributed by atoms with van der Waals surface area (Å²) in [7, 11) is -3.05. The third-order valence-corrected chi connectivity index (χ3v) is 5.71. The minimum absolute atomic E-state index is 0.174. The number of nitrogens with zero attached hydrogens (tertiary/aromatic N) is 1. The summed E-state index contributed by atoms with van der Waals surface area (Å²) in [6.45, 7) is 5.81. The van der Waals surface area contributed by atoms with Gasteiger partial charge < -0.3 is 5.32 Å². The fourth-order valence-electron chi connectivity index (χ4n) is 2.90. The van der Waals surface area contributed by atoms with Crippen LogP contribution in [0.3, 0.4) is 0 Å². The normalized spacial score (nSPS) is 37.0. The molecule has 3 atom stereocenters. The average Bonchev–Trinajstić information content (AvgIpc) is 2.75. The number of nitrogens with one attached hydrogen (secondary N) is 1. The number of hydrogen-bond donors (Lipinski definition) is 1. The zero-order valence-corrected chi connectivity index (χ0v) is 11.0. The summed E-state index contributed by atoms with van der Waals surface area (Å²) in [4.78, 5) is 0. The molecule has 2 aliphatic rings. The smallest absolute Gasteiger partial charge is 0.215 e. The second-order valence-corrected chi connectivity index (χ2v) is 7.30. The Hall–Kier alpha value is -0.130. The zero-order valence-electron chi connectivity index (χ0n) is 10.1. The Kier molecular flexibility index (Phi) is 3.56. The third kappa shape index (κ3) is 2.57. The van der Waals surface area contributed by atoms with Crippen molar-refractivity contribution in [2.45, 2.75) is 45.2 Å². The first-order valence-electron chi connectivity index (χ1n) is 6.22. The fraction of sp³-hybridized carbons (Fsp3) is 1.00. The Labute approximate surface area is 98.4 Å². The molecule has 3 unspecified atom stereocenters. The SMILES string of the molecule is CC1CC(C)N(S(=O)(=O)CC2CCCN2)C1. The maximum Gasteiger partial charge on any atom is 0.215 e. The summed E-state index contributed by atoms with van der Waals surface area (Å²) < 4.78 is 26.2. The first-order valence-corrected chi connectivity index (χ1v) is 7.83. The highest BCUT2D eigenvalue weighted by Gasteiger charge is 2.36. The van der Waals surface area contributed by atoms with Crippen LogP contribution in [-0.4, -0.2) is 43.6 Å². The molecule has 0 amide bonds. The van der Waals surface area contributed by atoms with Crippen molar-refractivity contribution in [3.05, 3.63) is 0 Å². The summed E-state index contributed by atoms with van der Waals surface area (Å²) in [5.41, 5.74) is 0. The van der Waals surface area contributed by atoms with E-state index >= 15 is 0 Å². The predicted molar refractivity (Wildman–Crippen MR) is 64.8 cm³/mol. The van der Waals surface area contributed by atoms with E-state index < -0.39 is 10.0 Å². The van der Waals surface area contributed by atoms with Gasteiger partial charge in [0.05, 0.1) is 5.75 Å². The molecule has 94 valence electrons. The van der Waals surface area contributed by atoms with Crippen LogP contribution in [0.15, 0.2) is 0 Å². The molecule has 16 heavy (non-hydrogen) atoms. The van der Waals surface area contributed by atoms with E-state index in [1.54, 1.807) is 4.31 Å². The van der Waals surface area contributed by atoms with Crippen LogP contribution in [0.2, 0.25) is 0 Å². The molecule has 0 spiro atoms. The van der Waals surface area contributed by atoms with Crippen LogP contribution in [0.4, 0.5) is 0 Å². The van der Waals surface area contributed by atoms with Gasteiger partial charge in [0.15, 0.2) is 0 Å². The second-order valence-electron chi connectivity index (χ2n) is 5.33. The molecule has 0 aromatic carbocycles. The number of rotatable bonds is 3. The summed E-state index contributed by atoms with van der Waals surface area (Å²) >= 11 is 0. The van der Waals surface area contributed by atoms with Gasteiger partial charge >= 0.3 is 0 Å². The van der Waals surface area contributed by atoms with Gasteiger partial charge in [0, 0.05) is 18.6 Å². The molecule has 0 bridgehead atoms. The highest BCUT2D eigenvalue weighted by molar-refractivity contribution is 7.89. The van der Waals surface area contributed by atoms with Crippen LogP contribution in [-0.2, 0) is 10.0 Å². The topological polar surface area (TPSA) is 49.4 Å². The summed E-state index contributed by atoms with van der Waals surface area (Å²) in [5.74, 6) is 0.783. The molecule has 0 aromatic rings. The molecule has 0 aromatic heterocycles. The first kappa shape index (κ1) is 12.3. The van der Waals surface area contributed by atoms with Crippen molar-refractivity contribution in [1.29, 1.82) is 0 Å². The van der Waals surface area contributed by atoms with E-state index in [1.807, 2.05) is 6.92 Å². The van der Waals surface area contributed by atoms with Gasteiger partial charge in [-0.2, -0.15) is 4.31 Å². The lowest BCUT2D eigenvalue weighted by atomic mass is 10.1. The van der Waals surface area contributed by atoms with Gasteiger partial charge in [-0.05, 0) is 38.6 Å². The Morgan fingerprint density at radius 3 is 2.62 bits per heavy atom. The van der Waals surface area contributed by atoms with Crippen LogP contribution in [0.1, 0.15) is 33.1 Å². The lowest BCUT2D eigenvalue weighted by Gasteiger charge is -2.23. The molecular formula is C11H22N2O2S. The van der Waals surface area contributed by atoms with Gasteiger partial charge in [0.25, 0.3) is 0 Å². The molecule has 2 fully saturated rings. The summed E-state index contributed by atoms with van der Waals surface area (Å²) in [5, 5.41) is 3.26. The monoisotopic (exact) mass is 246 g/mol. The molecular weight excluding hydrogens is 224 g/mol. The minimum atomic E-state index is -3.05. The Morgan fingerprint density at radius 2 is 2.12 bits per heavy atom. The second kappa shape index (κ2) is 4.63. The molecule has 5 heteroatoms. The Morgan fingerprint density at radius 1 is 1.38 bits per heavy atom. The maximum atomic E-state index is 12.2. The standard InChI is InChI=1S/C11H22N2O2S/c1-9-6-10(2)13(7-9)16(14,15)8-11-4-3-5-12-11/h9-12H,3-8H2,1-2H3. The van der Waals surface area contributed by atoms with Crippen molar-refractivity contribution in [3.63, 3.8) is 0 Å². The van der Waals surface area contributed by atoms with Crippen LogP contribution < -0.4 is 5.32 Å². The molecule has 2 aliphatic heterocycles. The third-order valence-electron chi connectivity index (χ3n) is 3.66. The van der Waals surface area contributed by atoms with Gasteiger partial charge in [0.2, 0.25) is 10.0 Å². The van der Waals surface area contributed by atoms with Gasteiger partial charge in [0.1, 0.15) is 0 Å². The molecule has 4 nitrogen and oxygen atoms in total. The van der Waals surface area contributed by atoms with E-state index in [1.165, 1.54) is 0 Å². The molecule has 0 saturated carbocycles. The van der Waals surface area contributed by atoms with Crippen molar-refractivity contribution < 1.29 is 8.42 Å². The van der Waals surface area contributed by atoms with Crippen molar-refractivity contribution >= 4 is 10.0 Å². The summed E-state index contributed by atoms with van der Waals surface area (Å²) in [6, 6.07) is 0.356. The largest absolute Gasteiger partial charge is 0.313 e. The van der Waals surface area contributed by atoms with E-state index in [9.17, 15) is 8.42 Å². The average molecular weight is 246 g/mol. The van der Waals surface area contributed by atoms with Crippen molar-refractivity contribution in [2.24, 2.45) is 5.92 Å². The first-order chi connectivity index (χ1) is 7.49. The number of hydrogen-bond acceptors (Lipinski definition) is 3. The van der Waals surface area contributed by atoms with E-state index in [0.29, 0.717) is 12.5 Å². The molecule has 0 radical (unpaired) electrons. The lowest BCUT2D eigenvalue weighted by molar-refractivity contribution is 0.401. The molecule has 2 rings (SSSR count). The zero-order chi connectivity index (χ0) is 11.8. The molecule has 2 saturated heterocycles. The van der Waals surface area contributed by atoms with Gasteiger partial charge in [-0.1, -0.05) is 6.92 Å². The maximum absolute atomic E-state index is 12.2. The van der Waals surface area contributed by atoms with Crippen molar-refractivity contribution in [2.75, 3.05) is 18.8 Å². The highest BCUT2D eigenvalue weighted by atomic mass is 32.2. The van der Waals surface area contributed by atoms with Gasteiger partial charge in [-0.3, -0.25) is 0 Å². The van der Waals surface area contributed by atoms with Crippen LogP contribution in [0, 0.1) is 5.92 Å². The van der Waals surface area contributed by atoms with E-state index in [4.69, 9.17) is 0 Å². The van der Waals surface area contributed by atoms with Crippen LogP contribution in [0.5, 0.6) is 0 Å². The van der Waals surface area contributed by atoms with Crippen LogP contribution in [0.25, 0.3) is 0 Å². The van der Waals surface area contributed by atoms with Crippen LogP contribution >= 0.6 is 0 Å². The van der Waals surface area contributed by atoms with Gasteiger partial charge in [-0.15, -0.1) is 0 Å². The number of sulfonamides is 1. The quantitative estimate of drug-likeness (QED) is 0.801. The lowest BCUT2D eigenvalue weighted by Crippen LogP contribution is -2.41. The van der Waals surface area contributed by atoms with Gasteiger partial charge in [-0.25, -0.2) is 8.42 Å². The Bertz CT molecular complexity index is 336. The summed E-state index contributed by atoms with van der Waals surface area (Å²) in [6.07, 6.45) is 3.10. The van der Waals surface area contributed by atoms with E-state index in [-0.39, 0.29) is 17.8 Å². The molecule has 0 aliphatic carbocycles. The van der Waals surface area contributed by atoms with E-state index in [0.717, 1.165) is 25.8 Å². The van der Waals surface area contributed by atoms with E-state index in [2.05, 4.69) is 12.2 Å². The van der Waals surface area contributed by atoms with Crippen molar-refractivity contribution in [3.8, 4) is 0 Å². The fourth-order valence-corrected chi connectivity index (χ4v) is 5.00. The Balaban J connectivity index is 2.01. The minimum Gasteiger partial charge on any atom is -0.313 e. The molecule has 1 N–H and O–H groups in total. The van der Waals surface area contributed by atoms with Crippen molar-refractivity contribution in [1.82, 2.24) is 9.62 Å². The highest BCUT2D eigenvalue weighted by Crippen LogP contribution is 2.26. The predicted octanol–water partition coefficient (Wildman–Crippen LogP) is 0.799. The molecule has 2 heterocycles.